The average Bonchev–Trinajstić information content (AvgIpc) is 2.72. The topological polar surface area (TPSA) is 17.1 Å². The SMILES string of the molecule is O=C(CCC(F)(F)F)C1CCCc2sccc21. The van der Waals surface area contributed by atoms with Crippen LogP contribution < -0.4 is 0 Å². The van der Waals surface area contributed by atoms with Crippen LogP contribution in [0.25, 0.3) is 0 Å². The maximum atomic E-state index is 12.1. The molecule has 1 aromatic heterocycles. The van der Waals surface area contributed by atoms with E-state index in [1.54, 1.807) is 11.3 Å². The number of thiophene rings is 1. The third kappa shape index (κ3) is 3.09. The summed E-state index contributed by atoms with van der Waals surface area (Å²) >= 11 is 1.60. The van der Waals surface area contributed by atoms with Gasteiger partial charge in [0.25, 0.3) is 0 Å². The van der Waals surface area contributed by atoms with Gasteiger partial charge in [-0.15, -0.1) is 11.3 Å². The van der Waals surface area contributed by atoms with Crippen molar-refractivity contribution in [2.75, 3.05) is 0 Å². The van der Waals surface area contributed by atoms with Gasteiger partial charge < -0.3 is 0 Å². The van der Waals surface area contributed by atoms with Crippen LogP contribution in [-0.2, 0) is 11.2 Å². The maximum Gasteiger partial charge on any atom is 0.389 e. The zero-order valence-corrected chi connectivity index (χ0v) is 10.0. The summed E-state index contributed by atoms with van der Waals surface area (Å²) < 4.78 is 36.2. The lowest BCUT2D eigenvalue weighted by Gasteiger charge is -2.21. The lowest BCUT2D eigenvalue weighted by molar-refractivity contribution is -0.143. The Hall–Kier alpha value is -0.840. The Morgan fingerprint density at radius 3 is 2.94 bits per heavy atom. The fourth-order valence-corrected chi connectivity index (χ4v) is 3.25. The molecular formula is C12H13F3OS. The Kier molecular flexibility index (Phi) is 3.56. The lowest BCUT2D eigenvalue weighted by Crippen LogP contribution is -2.19. The van der Waals surface area contributed by atoms with Gasteiger partial charge in [-0.2, -0.15) is 13.2 Å². The van der Waals surface area contributed by atoms with Crippen molar-refractivity contribution in [1.29, 1.82) is 0 Å². The highest BCUT2D eigenvalue weighted by Gasteiger charge is 2.32. The molecule has 1 aliphatic carbocycles. The summed E-state index contributed by atoms with van der Waals surface area (Å²) in [5, 5.41) is 1.92. The van der Waals surface area contributed by atoms with Gasteiger partial charge in [0.05, 0.1) is 6.42 Å². The number of fused-ring (bicyclic) bond motifs is 1. The van der Waals surface area contributed by atoms with Gasteiger partial charge in [0.1, 0.15) is 5.78 Å². The third-order valence-electron chi connectivity index (χ3n) is 3.10. The van der Waals surface area contributed by atoms with Crippen molar-refractivity contribution in [3.63, 3.8) is 0 Å². The Bertz CT molecular complexity index is 408. The number of hydrogen-bond acceptors (Lipinski definition) is 2. The maximum absolute atomic E-state index is 12.1. The van der Waals surface area contributed by atoms with E-state index in [2.05, 4.69) is 0 Å². The normalized spacial score (nSPS) is 20.1. The van der Waals surface area contributed by atoms with Crippen molar-refractivity contribution in [3.05, 3.63) is 21.9 Å². The quantitative estimate of drug-likeness (QED) is 0.802. The van der Waals surface area contributed by atoms with E-state index in [0.717, 1.165) is 18.4 Å². The van der Waals surface area contributed by atoms with Gasteiger partial charge in [0.2, 0.25) is 0 Å². The van der Waals surface area contributed by atoms with Gasteiger partial charge in [-0.1, -0.05) is 0 Å². The highest BCUT2D eigenvalue weighted by atomic mass is 32.1. The zero-order valence-electron chi connectivity index (χ0n) is 9.22. The summed E-state index contributed by atoms with van der Waals surface area (Å²) in [7, 11) is 0. The second kappa shape index (κ2) is 4.80. The molecule has 0 N–H and O–H groups in total. The van der Waals surface area contributed by atoms with Crippen LogP contribution in [0.15, 0.2) is 11.4 Å². The molecule has 17 heavy (non-hydrogen) atoms. The largest absolute Gasteiger partial charge is 0.389 e. The Morgan fingerprint density at radius 1 is 1.47 bits per heavy atom. The number of carbonyl (C=O) groups is 1. The number of alkyl halides is 3. The molecule has 0 spiro atoms. The Balaban J connectivity index is 2.02. The number of halogens is 3. The van der Waals surface area contributed by atoms with Gasteiger partial charge in [-0.05, 0) is 36.3 Å². The smallest absolute Gasteiger partial charge is 0.299 e. The Labute approximate surface area is 102 Å². The molecule has 0 fully saturated rings. The molecule has 0 bridgehead atoms. The molecule has 1 unspecified atom stereocenters. The van der Waals surface area contributed by atoms with E-state index in [-0.39, 0.29) is 18.1 Å². The first-order valence-electron chi connectivity index (χ1n) is 5.63. The molecule has 1 aliphatic rings. The standard InChI is InChI=1S/C12H13F3OS/c13-12(14,15)6-4-10(16)8-2-1-3-11-9(8)5-7-17-11/h5,7-8H,1-4,6H2. The number of aryl methyl sites for hydroxylation is 1. The number of Topliss-reactive ketones (excluding diaryl/α,β-unsaturated/α-hetero) is 1. The summed E-state index contributed by atoms with van der Waals surface area (Å²) in [6.07, 6.45) is -3.07. The second-order valence-corrected chi connectivity index (χ2v) is 5.33. The molecule has 1 atom stereocenters. The molecule has 0 aliphatic heterocycles. The number of carbonyl (C=O) groups excluding carboxylic acids is 1. The van der Waals surface area contributed by atoms with Crippen LogP contribution in [-0.4, -0.2) is 12.0 Å². The molecule has 0 saturated carbocycles. The van der Waals surface area contributed by atoms with Gasteiger partial charge in [0, 0.05) is 17.2 Å². The first-order valence-corrected chi connectivity index (χ1v) is 6.51. The molecule has 2 rings (SSSR count). The van der Waals surface area contributed by atoms with E-state index in [1.165, 1.54) is 4.88 Å². The summed E-state index contributed by atoms with van der Waals surface area (Å²) in [6.45, 7) is 0. The van der Waals surface area contributed by atoms with Gasteiger partial charge >= 0.3 is 6.18 Å². The van der Waals surface area contributed by atoms with E-state index in [4.69, 9.17) is 0 Å². The van der Waals surface area contributed by atoms with Crippen LogP contribution in [0.3, 0.4) is 0 Å². The molecule has 1 nitrogen and oxygen atoms in total. The second-order valence-electron chi connectivity index (χ2n) is 4.33. The molecule has 0 aromatic carbocycles. The Morgan fingerprint density at radius 2 is 2.24 bits per heavy atom. The van der Waals surface area contributed by atoms with Crippen LogP contribution in [0.5, 0.6) is 0 Å². The predicted octanol–water partition coefficient (Wildman–Crippen LogP) is 4.08. The van der Waals surface area contributed by atoms with Crippen molar-refractivity contribution in [3.8, 4) is 0 Å². The number of rotatable bonds is 3. The van der Waals surface area contributed by atoms with E-state index >= 15 is 0 Å². The van der Waals surface area contributed by atoms with Gasteiger partial charge in [-0.25, -0.2) is 0 Å². The predicted molar refractivity (Wildman–Crippen MR) is 60.3 cm³/mol. The number of hydrogen-bond donors (Lipinski definition) is 0. The summed E-state index contributed by atoms with van der Waals surface area (Å²) in [5.74, 6) is -0.561. The summed E-state index contributed by atoms with van der Waals surface area (Å²) in [6, 6.07) is 1.88. The van der Waals surface area contributed by atoms with E-state index < -0.39 is 12.6 Å². The fourth-order valence-electron chi connectivity index (χ4n) is 2.26. The molecule has 0 amide bonds. The fraction of sp³-hybridized carbons (Fsp3) is 0.583. The molecule has 1 heterocycles. The van der Waals surface area contributed by atoms with E-state index in [0.29, 0.717) is 6.42 Å². The van der Waals surface area contributed by atoms with Crippen molar-refractivity contribution >= 4 is 17.1 Å². The highest BCUT2D eigenvalue weighted by molar-refractivity contribution is 7.10. The summed E-state index contributed by atoms with van der Waals surface area (Å²) in [4.78, 5) is 13.0. The van der Waals surface area contributed by atoms with Crippen LogP contribution in [0, 0.1) is 0 Å². The minimum absolute atomic E-state index is 0.262. The highest BCUT2D eigenvalue weighted by Crippen LogP contribution is 2.37. The first kappa shape index (κ1) is 12.6. The molecule has 5 heteroatoms. The van der Waals surface area contributed by atoms with Crippen molar-refractivity contribution in [1.82, 2.24) is 0 Å². The number of ketones is 1. The van der Waals surface area contributed by atoms with Crippen molar-refractivity contribution in [2.24, 2.45) is 0 Å². The van der Waals surface area contributed by atoms with Crippen LogP contribution in [0.2, 0.25) is 0 Å². The summed E-state index contributed by atoms with van der Waals surface area (Å²) in [5.41, 5.74) is 0.966. The molecular weight excluding hydrogens is 249 g/mol. The van der Waals surface area contributed by atoms with Crippen molar-refractivity contribution < 1.29 is 18.0 Å². The van der Waals surface area contributed by atoms with Gasteiger partial charge in [0.15, 0.2) is 0 Å². The van der Waals surface area contributed by atoms with E-state index in [1.807, 2.05) is 11.4 Å². The lowest BCUT2D eigenvalue weighted by atomic mass is 9.83. The monoisotopic (exact) mass is 262 g/mol. The minimum Gasteiger partial charge on any atom is -0.299 e. The average molecular weight is 262 g/mol. The van der Waals surface area contributed by atoms with Crippen LogP contribution >= 0.6 is 11.3 Å². The minimum atomic E-state index is -4.23. The molecule has 0 saturated heterocycles. The van der Waals surface area contributed by atoms with Crippen LogP contribution in [0.4, 0.5) is 13.2 Å². The molecule has 94 valence electrons. The zero-order chi connectivity index (χ0) is 12.5. The van der Waals surface area contributed by atoms with Gasteiger partial charge in [-0.3, -0.25) is 4.79 Å². The molecule has 1 aromatic rings. The van der Waals surface area contributed by atoms with Crippen molar-refractivity contribution in [2.45, 2.75) is 44.2 Å². The molecule has 0 radical (unpaired) electrons. The first-order chi connectivity index (χ1) is 7.97. The van der Waals surface area contributed by atoms with Crippen LogP contribution in [0.1, 0.15) is 42.0 Å². The van der Waals surface area contributed by atoms with E-state index in [9.17, 15) is 18.0 Å². The third-order valence-corrected chi connectivity index (χ3v) is 4.09.